The van der Waals surface area contributed by atoms with E-state index < -0.39 is 69.4 Å². The summed E-state index contributed by atoms with van der Waals surface area (Å²) in [6, 6.07) is 12.5. The Morgan fingerprint density at radius 2 is 1.74 bits per heavy atom. The summed E-state index contributed by atoms with van der Waals surface area (Å²) in [5, 5.41) is 14.2. The first-order valence-corrected chi connectivity index (χ1v) is 16.1. The Bertz CT molecular complexity index is 2200. The van der Waals surface area contributed by atoms with Gasteiger partial charge < -0.3 is 34.5 Å². The molecule has 0 radical (unpaired) electrons. The van der Waals surface area contributed by atoms with Gasteiger partial charge in [-0.2, -0.15) is 0 Å². The van der Waals surface area contributed by atoms with Crippen LogP contribution in [0.3, 0.4) is 0 Å². The highest BCUT2D eigenvalue weighted by Gasteiger charge is 2.64. The monoisotopic (exact) mass is 722 g/mol. The van der Waals surface area contributed by atoms with Crippen molar-refractivity contribution in [1.29, 1.82) is 0 Å². The number of β-lactam (4-membered cyclic amide) rings is 1. The van der Waals surface area contributed by atoms with Crippen LogP contribution in [-0.2, 0) is 19.1 Å². The number of rotatable bonds is 8. The Labute approximate surface area is 291 Å². The minimum absolute atomic E-state index is 0.0979. The number of aliphatic carboxylic acids is 1. The van der Waals surface area contributed by atoms with Gasteiger partial charge in [0.1, 0.15) is 23.5 Å². The lowest BCUT2D eigenvalue weighted by atomic mass is 9.95. The first-order chi connectivity index (χ1) is 23.7. The van der Waals surface area contributed by atoms with Crippen LogP contribution in [0.25, 0.3) is 16.7 Å². The molecule has 2 aliphatic heterocycles. The second-order valence-corrected chi connectivity index (χ2v) is 13.9. The van der Waals surface area contributed by atoms with Gasteiger partial charge in [-0.3, -0.25) is 19.2 Å². The highest BCUT2D eigenvalue weighted by atomic mass is 35.5. The number of ether oxygens (including phenoxy) is 2. The summed E-state index contributed by atoms with van der Waals surface area (Å²) in [6.07, 6.45) is -1.11. The first-order valence-electron chi connectivity index (χ1n) is 14.9. The van der Waals surface area contributed by atoms with Crippen molar-refractivity contribution in [2.75, 3.05) is 7.11 Å². The van der Waals surface area contributed by atoms with Crippen LogP contribution in [0, 0.1) is 0 Å². The molecule has 0 bridgehead atoms. The van der Waals surface area contributed by atoms with E-state index >= 15 is 0 Å². The lowest BCUT2D eigenvalue weighted by Gasteiger charge is -2.44. The highest BCUT2D eigenvalue weighted by Crippen LogP contribution is 2.50. The lowest BCUT2D eigenvalue weighted by Crippen LogP contribution is -2.71. The normalized spacial score (nSPS) is 19.6. The average molecular weight is 723 g/mol. The van der Waals surface area contributed by atoms with E-state index in [1.165, 1.54) is 47.0 Å². The maximum absolute atomic E-state index is 13.7. The standard InChI is InChI=1S/C33H27ClN4O11S/c1-33(2)24(30(43)44)38-28(42)22(29(38)50-33)36-26(40)21(15-8-5-4-6-9-15)35-25(39)16-12-13-18(34)19(14-16)37-27(41)17-10-7-11-20(48-32(46)47-3)23(17)49-31(37)45/h4-14,21-22,24,29H,1-3H3,(H,35,39)(H,36,40)(H,43,44)/t21-,22-,24?,29?/m1/s1. The number of carboxylic acids is 1. The second kappa shape index (κ2) is 13.0. The number of benzene rings is 3. The molecule has 15 nitrogen and oxygen atoms in total. The van der Waals surface area contributed by atoms with Gasteiger partial charge in [0.2, 0.25) is 11.8 Å². The van der Waals surface area contributed by atoms with E-state index in [-0.39, 0.29) is 33.0 Å². The molecule has 2 fully saturated rings. The molecular formula is C33H27ClN4O11S. The molecule has 0 spiro atoms. The molecule has 2 unspecified atom stereocenters. The fourth-order valence-corrected chi connectivity index (χ4v) is 7.74. The Morgan fingerprint density at radius 1 is 1.02 bits per heavy atom. The van der Waals surface area contributed by atoms with Crippen LogP contribution >= 0.6 is 23.4 Å². The number of fused-ring (bicyclic) bond motifs is 2. The van der Waals surface area contributed by atoms with Gasteiger partial charge in [-0.15, -0.1) is 11.8 Å². The van der Waals surface area contributed by atoms with Gasteiger partial charge >= 0.3 is 17.9 Å². The summed E-state index contributed by atoms with van der Waals surface area (Å²) in [7, 11) is 1.08. The predicted octanol–water partition coefficient (Wildman–Crippen LogP) is 2.85. The van der Waals surface area contributed by atoms with E-state index in [2.05, 4.69) is 15.4 Å². The van der Waals surface area contributed by atoms with Gasteiger partial charge in [0.15, 0.2) is 11.3 Å². The van der Waals surface area contributed by atoms with E-state index in [9.17, 15) is 38.7 Å². The molecule has 3 aromatic carbocycles. The minimum Gasteiger partial charge on any atom is -0.480 e. The van der Waals surface area contributed by atoms with Crippen LogP contribution in [0.4, 0.5) is 4.79 Å². The molecule has 258 valence electrons. The van der Waals surface area contributed by atoms with Crippen molar-refractivity contribution >= 4 is 64.2 Å². The minimum atomic E-state index is -1.32. The summed E-state index contributed by atoms with van der Waals surface area (Å²) in [5.74, 6) is -4.69. The summed E-state index contributed by atoms with van der Waals surface area (Å²) in [5.41, 5.74) is -1.16. The first kappa shape index (κ1) is 34.3. The van der Waals surface area contributed by atoms with Crippen molar-refractivity contribution in [2.45, 2.75) is 42.1 Å². The van der Waals surface area contributed by atoms with Crippen molar-refractivity contribution in [2.24, 2.45) is 0 Å². The summed E-state index contributed by atoms with van der Waals surface area (Å²) >= 11 is 7.65. The number of para-hydroxylation sites is 1. The number of nitrogens with one attached hydrogen (secondary N) is 2. The Hall–Kier alpha value is -5.61. The van der Waals surface area contributed by atoms with Crippen molar-refractivity contribution in [1.82, 2.24) is 20.1 Å². The Balaban J connectivity index is 1.29. The SMILES string of the molecule is COC(=O)Oc1cccc2c(=O)n(-c3cc(C(=O)N[C@@H](C(=O)N[C@@H]4C(=O)N5C4SC(C)(C)C5C(=O)O)c4ccccc4)ccc3Cl)c(=O)oc12. The number of carboxylic acid groups (broad SMARTS) is 1. The number of methoxy groups -OCH3 is 1. The fraction of sp³-hybridized carbons (Fsp3) is 0.242. The number of halogens is 1. The number of carbonyl (C=O) groups is 5. The number of hydrogen-bond acceptors (Lipinski definition) is 11. The van der Waals surface area contributed by atoms with Crippen LogP contribution in [0.15, 0.2) is 80.7 Å². The van der Waals surface area contributed by atoms with E-state index in [4.69, 9.17) is 20.8 Å². The zero-order chi connectivity index (χ0) is 36.1. The number of hydrogen-bond donors (Lipinski definition) is 3. The molecule has 17 heteroatoms. The molecule has 0 aliphatic carbocycles. The maximum atomic E-state index is 13.7. The zero-order valence-electron chi connectivity index (χ0n) is 26.4. The molecule has 3 N–H and O–H groups in total. The molecule has 4 aromatic rings. The van der Waals surface area contributed by atoms with E-state index in [1.54, 1.807) is 44.2 Å². The smallest absolute Gasteiger partial charge is 0.480 e. The van der Waals surface area contributed by atoms with Crippen LogP contribution in [0.5, 0.6) is 5.75 Å². The molecule has 6 rings (SSSR count). The molecule has 3 amide bonds. The van der Waals surface area contributed by atoms with Crippen molar-refractivity contribution in [3.05, 3.63) is 104 Å². The van der Waals surface area contributed by atoms with Crippen molar-refractivity contribution in [3.8, 4) is 11.4 Å². The molecule has 2 saturated heterocycles. The lowest BCUT2D eigenvalue weighted by molar-refractivity contribution is -0.161. The molecule has 2 aliphatic rings. The maximum Gasteiger partial charge on any atom is 0.513 e. The third-order valence-corrected chi connectivity index (χ3v) is 10.1. The number of nitrogens with zero attached hydrogens (tertiary/aromatic N) is 2. The molecule has 0 saturated carbocycles. The number of amides is 3. The van der Waals surface area contributed by atoms with Crippen molar-refractivity contribution < 1.29 is 43.0 Å². The third kappa shape index (κ3) is 5.96. The second-order valence-electron chi connectivity index (χ2n) is 11.8. The summed E-state index contributed by atoms with van der Waals surface area (Å²) < 4.78 is 14.6. The fourth-order valence-electron chi connectivity index (χ4n) is 5.91. The van der Waals surface area contributed by atoms with Gasteiger partial charge in [0.25, 0.3) is 11.5 Å². The van der Waals surface area contributed by atoms with Gasteiger partial charge in [-0.1, -0.05) is 48.0 Å². The molecular weight excluding hydrogens is 696 g/mol. The van der Waals surface area contributed by atoms with Crippen LogP contribution in [0.1, 0.15) is 35.8 Å². The van der Waals surface area contributed by atoms with Gasteiger partial charge in [-0.05, 0) is 49.7 Å². The van der Waals surface area contributed by atoms with Gasteiger partial charge in [0.05, 0.1) is 23.2 Å². The number of carbonyl (C=O) groups excluding carboxylic acids is 4. The van der Waals surface area contributed by atoms with Gasteiger partial charge in [0, 0.05) is 10.3 Å². The Kier molecular flexibility index (Phi) is 8.92. The largest absolute Gasteiger partial charge is 0.513 e. The van der Waals surface area contributed by atoms with Crippen LogP contribution in [0.2, 0.25) is 5.02 Å². The topological polar surface area (TPSA) is 204 Å². The van der Waals surface area contributed by atoms with E-state index in [0.29, 0.717) is 10.1 Å². The van der Waals surface area contributed by atoms with Gasteiger partial charge in [-0.25, -0.2) is 19.0 Å². The van der Waals surface area contributed by atoms with E-state index in [0.717, 1.165) is 13.2 Å². The molecule has 4 atom stereocenters. The van der Waals surface area contributed by atoms with Crippen LogP contribution in [-0.4, -0.2) is 73.7 Å². The third-order valence-electron chi connectivity index (χ3n) is 8.24. The molecule has 3 heterocycles. The summed E-state index contributed by atoms with van der Waals surface area (Å²) in [6.45, 7) is 3.42. The molecule has 1 aromatic heterocycles. The van der Waals surface area contributed by atoms with Crippen LogP contribution < -0.4 is 26.7 Å². The summed E-state index contributed by atoms with van der Waals surface area (Å²) in [4.78, 5) is 91.9. The highest BCUT2D eigenvalue weighted by molar-refractivity contribution is 8.01. The number of thioether (sulfide) groups is 1. The predicted molar refractivity (Wildman–Crippen MR) is 178 cm³/mol. The number of aromatic nitrogens is 1. The zero-order valence-corrected chi connectivity index (χ0v) is 27.9. The van der Waals surface area contributed by atoms with Crippen molar-refractivity contribution in [3.63, 3.8) is 0 Å². The average Bonchev–Trinajstić information content (AvgIpc) is 3.34. The quantitative estimate of drug-likeness (QED) is 0.137. The Morgan fingerprint density at radius 3 is 2.42 bits per heavy atom. The molecule has 50 heavy (non-hydrogen) atoms. The van der Waals surface area contributed by atoms with E-state index in [1.807, 2.05) is 0 Å².